The van der Waals surface area contributed by atoms with Gasteiger partial charge in [0.05, 0.1) is 5.69 Å². The van der Waals surface area contributed by atoms with Gasteiger partial charge in [-0.3, -0.25) is 9.78 Å². The Morgan fingerprint density at radius 3 is 2.74 bits per heavy atom. The normalized spacial score (nSPS) is 12.1. The first-order valence-corrected chi connectivity index (χ1v) is 7.04. The number of amides is 1. The van der Waals surface area contributed by atoms with Gasteiger partial charge in [0.15, 0.2) is 5.89 Å². The summed E-state index contributed by atoms with van der Waals surface area (Å²) >= 11 is 0. The third kappa shape index (κ3) is 3.10. The predicted molar refractivity (Wildman–Crippen MR) is 79.4 cm³/mol. The molecule has 0 aliphatic rings. The Labute approximate surface area is 132 Å². The van der Waals surface area contributed by atoms with Crippen molar-refractivity contribution in [3.05, 3.63) is 47.6 Å². The molecule has 8 nitrogen and oxygen atoms in total. The molecule has 1 N–H and O–H groups in total. The summed E-state index contributed by atoms with van der Waals surface area (Å²) in [6, 6.07) is 4.93. The van der Waals surface area contributed by atoms with E-state index in [1.165, 1.54) is 0 Å². The van der Waals surface area contributed by atoms with E-state index in [0.29, 0.717) is 23.1 Å². The number of aromatic nitrogens is 4. The summed E-state index contributed by atoms with van der Waals surface area (Å²) in [5, 5.41) is 6.62. The maximum atomic E-state index is 12.2. The Morgan fingerprint density at radius 1 is 1.26 bits per heavy atom. The molecule has 0 aromatic carbocycles. The molecule has 1 amide bonds. The standard InChI is InChI=1S/C15H15N5O3/c1-8-12(22-10(3)17-8)14(21)18-9(2)15-19-13(20-23-15)11-6-4-5-7-16-11/h4-7,9H,1-3H3,(H,18,21)/t9-/m0/s1. The van der Waals surface area contributed by atoms with Gasteiger partial charge >= 0.3 is 0 Å². The molecular weight excluding hydrogens is 298 g/mol. The Kier molecular flexibility index (Phi) is 3.88. The summed E-state index contributed by atoms with van der Waals surface area (Å²) in [6.45, 7) is 5.14. The number of nitrogens with one attached hydrogen (secondary N) is 1. The Bertz CT molecular complexity index is 825. The summed E-state index contributed by atoms with van der Waals surface area (Å²) < 4.78 is 10.5. The average molecular weight is 313 g/mol. The topological polar surface area (TPSA) is 107 Å². The van der Waals surface area contributed by atoms with Crippen LogP contribution in [-0.4, -0.2) is 26.0 Å². The first-order chi connectivity index (χ1) is 11.0. The molecule has 0 aliphatic carbocycles. The van der Waals surface area contributed by atoms with E-state index in [-0.39, 0.29) is 17.6 Å². The molecule has 23 heavy (non-hydrogen) atoms. The molecular formula is C15H15N5O3. The maximum absolute atomic E-state index is 12.2. The second-order valence-corrected chi connectivity index (χ2v) is 5.01. The van der Waals surface area contributed by atoms with E-state index >= 15 is 0 Å². The maximum Gasteiger partial charge on any atom is 0.289 e. The van der Waals surface area contributed by atoms with Gasteiger partial charge in [-0.1, -0.05) is 11.2 Å². The van der Waals surface area contributed by atoms with Crippen LogP contribution in [0.1, 0.15) is 41.0 Å². The van der Waals surface area contributed by atoms with E-state index in [1.54, 1.807) is 39.1 Å². The van der Waals surface area contributed by atoms with Gasteiger partial charge in [-0.2, -0.15) is 4.98 Å². The van der Waals surface area contributed by atoms with Gasteiger partial charge in [-0.15, -0.1) is 0 Å². The molecule has 3 aromatic heterocycles. The highest BCUT2D eigenvalue weighted by Gasteiger charge is 2.22. The minimum atomic E-state index is -0.475. The fourth-order valence-electron chi connectivity index (χ4n) is 2.08. The zero-order valence-corrected chi connectivity index (χ0v) is 12.9. The van der Waals surface area contributed by atoms with Crippen molar-refractivity contribution >= 4 is 5.91 Å². The number of hydrogen-bond donors (Lipinski definition) is 1. The van der Waals surface area contributed by atoms with Crippen molar-refractivity contribution in [1.82, 2.24) is 25.4 Å². The van der Waals surface area contributed by atoms with Crippen molar-refractivity contribution in [2.24, 2.45) is 0 Å². The van der Waals surface area contributed by atoms with E-state index < -0.39 is 6.04 Å². The summed E-state index contributed by atoms with van der Waals surface area (Å²) in [6.07, 6.45) is 1.64. The van der Waals surface area contributed by atoms with Crippen molar-refractivity contribution in [2.45, 2.75) is 26.8 Å². The van der Waals surface area contributed by atoms with Gasteiger partial charge < -0.3 is 14.3 Å². The molecule has 118 valence electrons. The highest BCUT2D eigenvalue weighted by atomic mass is 16.5. The van der Waals surface area contributed by atoms with E-state index in [1.807, 2.05) is 6.07 Å². The van der Waals surface area contributed by atoms with Crippen LogP contribution in [0.5, 0.6) is 0 Å². The van der Waals surface area contributed by atoms with Gasteiger partial charge in [-0.25, -0.2) is 4.98 Å². The molecule has 0 spiro atoms. The van der Waals surface area contributed by atoms with Crippen molar-refractivity contribution in [3.8, 4) is 11.5 Å². The number of aryl methyl sites for hydroxylation is 2. The van der Waals surface area contributed by atoms with E-state index in [9.17, 15) is 4.79 Å². The van der Waals surface area contributed by atoms with Crippen molar-refractivity contribution in [2.75, 3.05) is 0 Å². The lowest BCUT2D eigenvalue weighted by molar-refractivity contribution is 0.0902. The molecule has 0 saturated carbocycles. The van der Waals surface area contributed by atoms with Gasteiger partial charge in [0.2, 0.25) is 17.5 Å². The lowest BCUT2D eigenvalue weighted by Crippen LogP contribution is -2.27. The fraction of sp³-hybridized carbons (Fsp3) is 0.267. The number of nitrogens with zero attached hydrogens (tertiary/aromatic N) is 4. The first kappa shape index (κ1) is 14.9. The zero-order valence-electron chi connectivity index (χ0n) is 12.9. The van der Waals surface area contributed by atoms with Crippen LogP contribution in [0.25, 0.3) is 11.5 Å². The molecule has 3 heterocycles. The van der Waals surface area contributed by atoms with Crippen LogP contribution < -0.4 is 5.32 Å². The summed E-state index contributed by atoms with van der Waals surface area (Å²) in [7, 11) is 0. The van der Waals surface area contributed by atoms with E-state index in [0.717, 1.165) is 0 Å². The third-order valence-corrected chi connectivity index (χ3v) is 3.16. The number of carbonyl (C=O) groups is 1. The lowest BCUT2D eigenvalue weighted by Gasteiger charge is -2.07. The number of hydrogen-bond acceptors (Lipinski definition) is 7. The van der Waals surface area contributed by atoms with Crippen molar-refractivity contribution in [3.63, 3.8) is 0 Å². The van der Waals surface area contributed by atoms with Crippen molar-refractivity contribution < 1.29 is 13.7 Å². The smallest absolute Gasteiger partial charge is 0.289 e. The van der Waals surface area contributed by atoms with Gasteiger partial charge in [-0.05, 0) is 26.0 Å². The van der Waals surface area contributed by atoms with Gasteiger partial charge in [0.25, 0.3) is 5.91 Å². The molecule has 3 rings (SSSR count). The Balaban J connectivity index is 1.74. The second kappa shape index (κ2) is 5.99. The molecule has 0 aliphatic heterocycles. The summed E-state index contributed by atoms with van der Waals surface area (Å²) in [5.74, 6) is 0.892. The molecule has 1 atom stereocenters. The Hall–Kier alpha value is -3.03. The number of oxazole rings is 1. The van der Waals surface area contributed by atoms with Crippen molar-refractivity contribution in [1.29, 1.82) is 0 Å². The highest BCUT2D eigenvalue weighted by Crippen LogP contribution is 2.17. The van der Waals surface area contributed by atoms with Crippen LogP contribution in [0.3, 0.4) is 0 Å². The molecule has 0 unspecified atom stereocenters. The van der Waals surface area contributed by atoms with Gasteiger partial charge in [0, 0.05) is 13.1 Å². The number of carbonyl (C=O) groups excluding carboxylic acids is 1. The summed E-state index contributed by atoms with van der Waals surface area (Å²) in [5.41, 5.74) is 1.13. The first-order valence-electron chi connectivity index (χ1n) is 7.04. The molecule has 8 heteroatoms. The van der Waals surface area contributed by atoms with Crippen LogP contribution in [-0.2, 0) is 0 Å². The molecule has 0 fully saturated rings. The van der Waals surface area contributed by atoms with Crippen LogP contribution in [0.4, 0.5) is 0 Å². The third-order valence-electron chi connectivity index (χ3n) is 3.16. The fourth-order valence-corrected chi connectivity index (χ4v) is 2.08. The zero-order chi connectivity index (χ0) is 16.4. The number of rotatable bonds is 4. The summed E-state index contributed by atoms with van der Waals surface area (Å²) in [4.78, 5) is 24.7. The van der Waals surface area contributed by atoms with Crippen LogP contribution in [0, 0.1) is 13.8 Å². The lowest BCUT2D eigenvalue weighted by atomic mass is 10.3. The second-order valence-electron chi connectivity index (χ2n) is 5.01. The van der Waals surface area contributed by atoms with Crippen LogP contribution in [0.2, 0.25) is 0 Å². The SMILES string of the molecule is Cc1nc(C)c(C(=O)N[C@@H](C)c2nc(-c3ccccn3)no2)o1. The molecule has 0 bridgehead atoms. The minimum absolute atomic E-state index is 0.179. The highest BCUT2D eigenvalue weighted by molar-refractivity contribution is 5.92. The predicted octanol–water partition coefficient (Wildman–Crippen LogP) is 2.23. The number of pyridine rings is 1. The molecule has 3 aromatic rings. The molecule has 0 saturated heterocycles. The Morgan fingerprint density at radius 2 is 2.09 bits per heavy atom. The van der Waals surface area contributed by atoms with Crippen LogP contribution in [0.15, 0.2) is 33.3 Å². The van der Waals surface area contributed by atoms with Crippen LogP contribution >= 0.6 is 0 Å². The minimum Gasteiger partial charge on any atom is -0.436 e. The largest absolute Gasteiger partial charge is 0.436 e. The van der Waals surface area contributed by atoms with E-state index in [4.69, 9.17) is 8.94 Å². The quantitative estimate of drug-likeness (QED) is 0.787. The van der Waals surface area contributed by atoms with E-state index in [2.05, 4.69) is 25.4 Å². The average Bonchev–Trinajstić information content (AvgIpc) is 3.15. The molecule has 0 radical (unpaired) electrons. The van der Waals surface area contributed by atoms with Gasteiger partial charge in [0.1, 0.15) is 11.7 Å². The monoisotopic (exact) mass is 313 g/mol.